The zero-order chi connectivity index (χ0) is 27.1. The summed E-state index contributed by atoms with van der Waals surface area (Å²) in [5.41, 5.74) is -0.491. The van der Waals surface area contributed by atoms with Crippen molar-refractivity contribution in [2.24, 2.45) is 17.8 Å². The van der Waals surface area contributed by atoms with Gasteiger partial charge in [0.25, 0.3) is 0 Å². The molecule has 35 heavy (non-hydrogen) atoms. The molecule has 0 bridgehead atoms. The summed E-state index contributed by atoms with van der Waals surface area (Å²) in [7, 11) is 5.49. The van der Waals surface area contributed by atoms with E-state index in [2.05, 4.69) is 4.98 Å². The third kappa shape index (κ3) is 8.08. The molecule has 4 atom stereocenters. The molecule has 0 aromatic carbocycles. The third-order valence-electron chi connectivity index (χ3n) is 7.22. The third-order valence-corrected chi connectivity index (χ3v) is 8.17. The van der Waals surface area contributed by atoms with Crippen LogP contribution in [0, 0.1) is 17.8 Å². The number of aliphatic hydroxyl groups is 1. The van der Waals surface area contributed by atoms with Crippen LogP contribution in [0.5, 0.6) is 0 Å². The first kappa shape index (κ1) is 31.2. The SMILES string of the molecule is CCOC(=O)c1csc([C@H](O)C[C@H](C(C)C)N(C)C(=O)[C@@H](CC(=O)C(C)(C)N(C)C)[C@@H](C)CC)n1. The van der Waals surface area contributed by atoms with Gasteiger partial charge in [-0.1, -0.05) is 34.1 Å². The Kier molecular flexibility index (Phi) is 12.0. The molecule has 0 radical (unpaired) electrons. The summed E-state index contributed by atoms with van der Waals surface area (Å²) in [6.45, 7) is 13.8. The molecule has 200 valence electrons. The van der Waals surface area contributed by atoms with Crippen molar-refractivity contribution in [3.8, 4) is 0 Å². The van der Waals surface area contributed by atoms with E-state index in [1.807, 2.05) is 60.5 Å². The van der Waals surface area contributed by atoms with Crippen LogP contribution in [0.2, 0.25) is 0 Å². The summed E-state index contributed by atoms with van der Waals surface area (Å²) < 4.78 is 4.98. The first-order chi connectivity index (χ1) is 16.2. The fourth-order valence-corrected chi connectivity index (χ4v) is 4.67. The molecular weight excluding hydrogens is 466 g/mol. The number of likely N-dealkylation sites (N-methyl/N-ethyl adjacent to an activating group) is 1. The van der Waals surface area contributed by atoms with E-state index in [9.17, 15) is 19.5 Å². The summed E-state index contributed by atoms with van der Waals surface area (Å²) in [6, 6.07) is -0.268. The van der Waals surface area contributed by atoms with Crippen LogP contribution in [-0.2, 0) is 14.3 Å². The Balaban J connectivity index is 3.09. The average Bonchev–Trinajstić information content (AvgIpc) is 3.29. The lowest BCUT2D eigenvalue weighted by molar-refractivity contribution is -0.143. The number of nitrogens with zero attached hydrogens (tertiary/aromatic N) is 3. The number of ether oxygens (including phenoxy) is 1. The zero-order valence-electron chi connectivity index (χ0n) is 23.1. The van der Waals surface area contributed by atoms with Gasteiger partial charge < -0.3 is 14.7 Å². The molecule has 1 N–H and O–H groups in total. The lowest BCUT2D eigenvalue weighted by atomic mass is 9.81. The monoisotopic (exact) mass is 511 g/mol. The fraction of sp³-hybridized carbons (Fsp3) is 0.769. The topological polar surface area (TPSA) is 100 Å². The fourth-order valence-electron chi connectivity index (χ4n) is 3.89. The van der Waals surface area contributed by atoms with Gasteiger partial charge in [0.2, 0.25) is 5.91 Å². The second kappa shape index (κ2) is 13.5. The van der Waals surface area contributed by atoms with E-state index in [0.717, 1.165) is 6.42 Å². The number of amides is 1. The highest BCUT2D eigenvalue weighted by molar-refractivity contribution is 7.09. The molecule has 0 unspecified atom stereocenters. The smallest absolute Gasteiger partial charge is 0.357 e. The molecule has 1 heterocycles. The molecular formula is C26H45N3O5S. The number of Topliss-reactive ketones (excluding diaryl/α,β-unsaturated/α-hetero) is 1. The maximum atomic E-state index is 13.7. The molecule has 1 rings (SSSR count). The predicted molar refractivity (Wildman–Crippen MR) is 139 cm³/mol. The van der Waals surface area contributed by atoms with Crippen molar-refractivity contribution >= 4 is 29.0 Å². The number of rotatable bonds is 14. The van der Waals surface area contributed by atoms with E-state index < -0.39 is 23.5 Å². The highest BCUT2D eigenvalue weighted by Gasteiger charge is 2.38. The molecule has 1 aromatic heterocycles. The number of carbonyl (C=O) groups is 3. The normalized spacial score (nSPS) is 15.6. The number of thiazole rings is 1. The highest BCUT2D eigenvalue weighted by atomic mass is 32.1. The van der Waals surface area contributed by atoms with E-state index in [0.29, 0.717) is 5.01 Å². The minimum Gasteiger partial charge on any atom is -0.461 e. The Hall–Kier alpha value is -1.84. The lowest BCUT2D eigenvalue weighted by Crippen LogP contribution is -2.50. The number of hydrogen-bond acceptors (Lipinski definition) is 8. The van der Waals surface area contributed by atoms with E-state index in [1.54, 1.807) is 24.3 Å². The van der Waals surface area contributed by atoms with Gasteiger partial charge >= 0.3 is 5.97 Å². The molecule has 0 spiro atoms. The van der Waals surface area contributed by atoms with Gasteiger partial charge in [-0.05, 0) is 46.7 Å². The van der Waals surface area contributed by atoms with Gasteiger partial charge in [0.05, 0.1) is 12.1 Å². The largest absolute Gasteiger partial charge is 0.461 e. The molecule has 8 nitrogen and oxygen atoms in total. The zero-order valence-corrected chi connectivity index (χ0v) is 23.9. The summed E-state index contributed by atoms with van der Waals surface area (Å²) in [5.74, 6) is -0.906. The van der Waals surface area contributed by atoms with Gasteiger partial charge in [-0.2, -0.15) is 0 Å². The van der Waals surface area contributed by atoms with Gasteiger partial charge in [0.15, 0.2) is 11.5 Å². The number of carbonyl (C=O) groups excluding carboxylic acids is 3. The standard InChI is InChI=1S/C26H45N3O5S/c1-11-17(5)18(13-22(31)26(6,7)28(8)9)24(32)29(10)20(16(3)4)14-21(30)23-27-19(15-35-23)25(33)34-12-2/h15-18,20-21,30H,11-14H2,1-10H3/t17-,18-,20+,21+/m0/s1. The van der Waals surface area contributed by atoms with Gasteiger partial charge in [-0.15, -0.1) is 11.3 Å². The molecule has 0 aliphatic carbocycles. The van der Waals surface area contributed by atoms with Crippen LogP contribution in [0.15, 0.2) is 5.38 Å². The van der Waals surface area contributed by atoms with Gasteiger partial charge in [-0.25, -0.2) is 9.78 Å². The maximum Gasteiger partial charge on any atom is 0.357 e. The van der Waals surface area contributed by atoms with Crippen molar-refractivity contribution in [1.29, 1.82) is 0 Å². The summed E-state index contributed by atoms with van der Waals surface area (Å²) >= 11 is 1.20. The molecule has 0 aliphatic rings. The number of hydrogen-bond donors (Lipinski definition) is 1. The second-order valence-electron chi connectivity index (χ2n) is 10.4. The van der Waals surface area contributed by atoms with E-state index >= 15 is 0 Å². The number of esters is 1. The van der Waals surface area contributed by atoms with Crippen molar-refractivity contribution in [2.45, 2.75) is 85.4 Å². The quantitative estimate of drug-likeness (QED) is 0.374. The molecule has 1 amide bonds. The van der Waals surface area contributed by atoms with Crippen LogP contribution in [0.4, 0.5) is 0 Å². The number of aromatic nitrogens is 1. The van der Waals surface area contributed by atoms with E-state index in [4.69, 9.17) is 4.74 Å². The van der Waals surface area contributed by atoms with Gasteiger partial charge in [-0.3, -0.25) is 14.5 Å². The number of aliphatic hydroxyl groups excluding tert-OH is 1. The van der Waals surface area contributed by atoms with Crippen molar-refractivity contribution in [2.75, 3.05) is 27.7 Å². The second-order valence-corrected chi connectivity index (χ2v) is 11.3. The minimum absolute atomic E-state index is 0.0324. The molecule has 0 fully saturated rings. The molecule has 9 heteroatoms. The molecule has 1 aromatic rings. The van der Waals surface area contributed by atoms with Crippen LogP contribution in [0.25, 0.3) is 0 Å². The molecule has 0 saturated heterocycles. The van der Waals surface area contributed by atoms with Crippen LogP contribution < -0.4 is 0 Å². The summed E-state index contributed by atoms with van der Waals surface area (Å²) in [6.07, 6.45) is 0.304. The Labute approximate surface area is 215 Å². The van der Waals surface area contributed by atoms with Crippen LogP contribution in [0.1, 0.15) is 89.3 Å². The van der Waals surface area contributed by atoms with Crippen molar-refractivity contribution < 1.29 is 24.2 Å². The van der Waals surface area contributed by atoms with Crippen molar-refractivity contribution in [3.05, 3.63) is 16.1 Å². The average molecular weight is 512 g/mol. The Morgan fingerprint density at radius 1 is 1.14 bits per heavy atom. The lowest BCUT2D eigenvalue weighted by Gasteiger charge is -2.37. The number of ketones is 1. The van der Waals surface area contributed by atoms with Crippen LogP contribution in [0.3, 0.4) is 0 Å². The Morgan fingerprint density at radius 3 is 2.23 bits per heavy atom. The first-order valence-electron chi connectivity index (χ1n) is 12.5. The van der Waals surface area contributed by atoms with E-state index in [1.165, 1.54) is 11.3 Å². The highest BCUT2D eigenvalue weighted by Crippen LogP contribution is 2.31. The van der Waals surface area contributed by atoms with E-state index in [-0.39, 0.29) is 54.7 Å². The summed E-state index contributed by atoms with van der Waals surface area (Å²) in [5, 5.41) is 12.9. The van der Waals surface area contributed by atoms with Gasteiger partial charge in [0, 0.05) is 37.2 Å². The minimum atomic E-state index is -0.929. The summed E-state index contributed by atoms with van der Waals surface area (Å²) in [4.78, 5) is 46.6. The van der Waals surface area contributed by atoms with Gasteiger partial charge in [0.1, 0.15) is 11.1 Å². The molecule has 0 saturated carbocycles. The first-order valence-corrected chi connectivity index (χ1v) is 13.3. The Bertz CT molecular complexity index is 852. The Morgan fingerprint density at radius 2 is 1.74 bits per heavy atom. The molecule has 0 aliphatic heterocycles. The van der Waals surface area contributed by atoms with Crippen LogP contribution in [-0.4, -0.2) is 76.9 Å². The van der Waals surface area contributed by atoms with Crippen LogP contribution >= 0.6 is 11.3 Å². The van der Waals surface area contributed by atoms with Crippen molar-refractivity contribution in [3.63, 3.8) is 0 Å². The predicted octanol–water partition coefficient (Wildman–Crippen LogP) is 4.19. The maximum absolute atomic E-state index is 13.7. The van der Waals surface area contributed by atoms with Crippen molar-refractivity contribution in [1.82, 2.24) is 14.8 Å².